The van der Waals surface area contributed by atoms with Crippen LogP contribution in [0.4, 0.5) is 0 Å². The van der Waals surface area contributed by atoms with E-state index < -0.39 is 0 Å². The van der Waals surface area contributed by atoms with Crippen molar-refractivity contribution in [1.29, 1.82) is 0 Å². The molecule has 0 amide bonds. The molecule has 0 aliphatic rings. The van der Waals surface area contributed by atoms with Crippen LogP contribution < -0.4 is 9.47 Å². The first-order valence-electron chi connectivity index (χ1n) is 8.14. The van der Waals surface area contributed by atoms with E-state index in [1.807, 2.05) is 47.2 Å². The van der Waals surface area contributed by atoms with Crippen LogP contribution in [0, 0.1) is 0 Å². The molecule has 0 aliphatic carbocycles. The lowest BCUT2D eigenvalue weighted by Crippen LogP contribution is -2.14. The van der Waals surface area contributed by atoms with Crippen molar-refractivity contribution in [2.45, 2.75) is 12.5 Å². The van der Waals surface area contributed by atoms with Crippen LogP contribution in [0.5, 0.6) is 11.5 Å². The van der Waals surface area contributed by atoms with Gasteiger partial charge in [0, 0.05) is 42.0 Å². The summed E-state index contributed by atoms with van der Waals surface area (Å²) in [5.41, 5.74) is 2.44. The quantitative estimate of drug-likeness (QED) is 0.645. The summed E-state index contributed by atoms with van der Waals surface area (Å²) in [7, 11) is 3.24. The molecule has 1 heterocycles. The van der Waals surface area contributed by atoms with Gasteiger partial charge in [-0.3, -0.25) is 4.79 Å². The maximum atomic E-state index is 12.1. The van der Waals surface area contributed by atoms with Gasteiger partial charge in [-0.25, -0.2) is 4.98 Å². The molecule has 0 saturated carbocycles. The van der Waals surface area contributed by atoms with E-state index in [4.69, 9.17) is 9.47 Å². The SMILES string of the molecule is COc1ccc(C(Cn2ccnc2)c2ccccc2C(=O)S)c(OC)c1. The minimum Gasteiger partial charge on any atom is -0.497 e. The van der Waals surface area contributed by atoms with Crippen LogP contribution >= 0.6 is 12.6 Å². The number of hydrogen-bond donors (Lipinski definition) is 1. The Hall–Kier alpha value is -2.73. The molecule has 1 aromatic heterocycles. The Morgan fingerprint density at radius 1 is 1.15 bits per heavy atom. The standard InChI is InChI=1S/C20H20N2O3S/c1-24-14-7-8-16(19(11-14)25-2)18(12-22-10-9-21-13-22)15-5-3-4-6-17(15)20(23)26/h3-11,13,18H,12H2,1-2H3,(H,23,26). The van der Waals surface area contributed by atoms with Gasteiger partial charge in [0.05, 0.1) is 20.5 Å². The minimum absolute atomic E-state index is 0.114. The second-order valence-electron chi connectivity index (χ2n) is 5.81. The van der Waals surface area contributed by atoms with E-state index >= 15 is 0 Å². The van der Waals surface area contributed by atoms with Gasteiger partial charge >= 0.3 is 0 Å². The zero-order valence-electron chi connectivity index (χ0n) is 14.6. The van der Waals surface area contributed by atoms with Crippen LogP contribution in [-0.2, 0) is 6.54 Å². The van der Waals surface area contributed by atoms with Crippen molar-refractivity contribution in [3.63, 3.8) is 0 Å². The summed E-state index contributed by atoms with van der Waals surface area (Å²) >= 11 is 4.05. The van der Waals surface area contributed by atoms with Crippen molar-refractivity contribution in [3.05, 3.63) is 77.9 Å². The second-order valence-corrected chi connectivity index (χ2v) is 6.22. The number of carbonyl (C=O) groups is 1. The normalized spacial score (nSPS) is 11.8. The summed E-state index contributed by atoms with van der Waals surface area (Å²) in [5.74, 6) is 1.30. The fourth-order valence-electron chi connectivity index (χ4n) is 3.07. The topological polar surface area (TPSA) is 53.4 Å². The van der Waals surface area contributed by atoms with Crippen LogP contribution in [0.2, 0.25) is 0 Å². The molecule has 0 aliphatic heterocycles. The molecule has 1 atom stereocenters. The smallest absolute Gasteiger partial charge is 0.216 e. The number of hydrogen-bond acceptors (Lipinski definition) is 4. The number of ether oxygens (including phenoxy) is 2. The van der Waals surface area contributed by atoms with E-state index in [2.05, 4.69) is 17.6 Å². The Morgan fingerprint density at radius 3 is 2.62 bits per heavy atom. The Bertz CT molecular complexity index is 894. The predicted octanol–water partition coefficient (Wildman–Crippen LogP) is 3.80. The van der Waals surface area contributed by atoms with Crippen molar-refractivity contribution in [2.75, 3.05) is 14.2 Å². The zero-order valence-corrected chi connectivity index (χ0v) is 15.5. The minimum atomic E-state index is -0.260. The zero-order chi connectivity index (χ0) is 18.5. The van der Waals surface area contributed by atoms with Crippen LogP contribution in [0.25, 0.3) is 0 Å². The molecule has 3 rings (SSSR count). The van der Waals surface area contributed by atoms with Crippen molar-refractivity contribution >= 4 is 17.7 Å². The van der Waals surface area contributed by atoms with E-state index in [9.17, 15) is 4.79 Å². The van der Waals surface area contributed by atoms with Gasteiger partial charge in [0.2, 0.25) is 5.12 Å². The lowest BCUT2D eigenvalue weighted by molar-refractivity contribution is 0.109. The molecule has 6 heteroatoms. The van der Waals surface area contributed by atoms with Gasteiger partial charge in [0.25, 0.3) is 0 Å². The molecule has 1 unspecified atom stereocenters. The van der Waals surface area contributed by atoms with Crippen molar-refractivity contribution in [2.24, 2.45) is 0 Å². The van der Waals surface area contributed by atoms with Crippen LogP contribution in [0.3, 0.4) is 0 Å². The summed E-state index contributed by atoms with van der Waals surface area (Å²) in [6, 6.07) is 13.2. The number of carbonyl (C=O) groups excluding carboxylic acids is 1. The third-order valence-electron chi connectivity index (χ3n) is 4.34. The number of methoxy groups -OCH3 is 2. The molecule has 0 saturated heterocycles. The Labute approximate surface area is 158 Å². The first-order valence-corrected chi connectivity index (χ1v) is 8.58. The lowest BCUT2D eigenvalue weighted by atomic mass is 9.87. The summed E-state index contributed by atoms with van der Waals surface area (Å²) < 4.78 is 12.9. The van der Waals surface area contributed by atoms with E-state index in [0.717, 1.165) is 11.1 Å². The van der Waals surface area contributed by atoms with Crippen molar-refractivity contribution in [3.8, 4) is 11.5 Å². The third kappa shape index (κ3) is 3.75. The van der Waals surface area contributed by atoms with E-state index in [1.165, 1.54) is 0 Å². The molecule has 2 aromatic carbocycles. The van der Waals surface area contributed by atoms with Gasteiger partial charge in [-0.2, -0.15) is 0 Å². The first-order chi connectivity index (χ1) is 12.6. The van der Waals surface area contributed by atoms with E-state index in [0.29, 0.717) is 23.6 Å². The highest BCUT2D eigenvalue weighted by molar-refractivity contribution is 7.97. The highest BCUT2D eigenvalue weighted by Gasteiger charge is 2.23. The highest BCUT2D eigenvalue weighted by atomic mass is 32.1. The molecule has 0 N–H and O–H groups in total. The number of aromatic nitrogens is 2. The summed E-state index contributed by atoms with van der Waals surface area (Å²) in [5, 5.41) is -0.260. The monoisotopic (exact) mass is 368 g/mol. The average Bonchev–Trinajstić information content (AvgIpc) is 3.19. The molecule has 134 valence electrons. The molecular formula is C20H20N2O3S. The third-order valence-corrected chi connectivity index (χ3v) is 4.58. The second kappa shape index (κ2) is 8.10. The summed E-state index contributed by atoms with van der Waals surface area (Å²) in [4.78, 5) is 16.2. The van der Waals surface area contributed by atoms with E-state index in [-0.39, 0.29) is 11.0 Å². The van der Waals surface area contributed by atoms with Crippen molar-refractivity contribution < 1.29 is 14.3 Å². The molecule has 3 aromatic rings. The van der Waals surface area contributed by atoms with Gasteiger partial charge < -0.3 is 14.0 Å². The molecule has 26 heavy (non-hydrogen) atoms. The number of imidazole rings is 1. The van der Waals surface area contributed by atoms with Crippen LogP contribution in [-0.4, -0.2) is 28.9 Å². The fraction of sp³-hybridized carbons (Fsp3) is 0.200. The molecule has 0 bridgehead atoms. The largest absolute Gasteiger partial charge is 0.497 e. The number of benzene rings is 2. The fourth-order valence-corrected chi connectivity index (χ4v) is 3.28. The van der Waals surface area contributed by atoms with Crippen LogP contribution in [0.15, 0.2) is 61.2 Å². The van der Waals surface area contributed by atoms with Gasteiger partial charge in [-0.15, -0.1) is 12.6 Å². The Morgan fingerprint density at radius 2 is 1.96 bits per heavy atom. The van der Waals surface area contributed by atoms with Gasteiger partial charge in [-0.1, -0.05) is 30.3 Å². The number of rotatable bonds is 7. The maximum absolute atomic E-state index is 12.1. The molecule has 0 spiro atoms. The number of thiol groups is 1. The molecule has 0 fully saturated rings. The van der Waals surface area contributed by atoms with Gasteiger partial charge in [0.15, 0.2) is 0 Å². The molecule has 0 radical (unpaired) electrons. The number of nitrogens with zero attached hydrogens (tertiary/aromatic N) is 2. The summed E-state index contributed by atoms with van der Waals surface area (Å²) in [6.07, 6.45) is 5.39. The predicted molar refractivity (Wildman–Crippen MR) is 103 cm³/mol. The Balaban J connectivity index is 2.15. The highest BCUT2D eigenvalue weighted by Crippen LogP contribution is 2.37. The Kier molecular flexibility index (Phi) is 5.63. The molecule has 5 nitrogen and oxygen atoms in total. The van der Waals surface area contributed by atoms with Gasteiger partial charge in [-0.05, 0) is 11.6 Å². The summed E-state index contributed by atoms with van der Waals surface area (Å²) in [6.45, 7) is 0.612. The maximum Gasteiger partial charge on any atom is 0.216 e. The lowest BCUT2D eigenvalue weighted by Gasteiger charge is -2.23. The van der Waals surface area contributed by atoms with Crippen LogP contribution in [0.1, 0.15) is 27.4 Å². The average molecular weight is 368 g/mol. The first kappa shape index (κ1) is 18.1. The molecular weight excluding hydrogens is 348 g/mol. The van der Waals surface area contributed by atoms with Crippen molar-refractivity contribution in [1.82, 2.24) is 9.55 Å². The van der Waals surface area contributed by atoms with E-state index in [1.54, 1.807) is 32.8 Å². The van der Waals surface area contributed by atoms with Gasteiger partial charge in [0.1, 0.15) is 11.5 Å².